The van der Waals surface area contributed by atoms with Gasteiger partial charge >= 0.3 is 0 Å². The van der Waals surface area contributed by atoms with Crippen LogP contribution in [0.15, 0.2) is 0 Å². The molecule has 2 aliphatic rings. The van der Waals surface area contributed by atoms with Crippen molar-refractivity contribution in [3.63, 3.8) is 0 Å². The number of amides is 2. The number of hydrogen-bond donors (Lipinski definition) is 0. The molecular formula is C27H48N4O4S2. The summed E-state index contributed by atoms with van der Waals surface area (Å²) in [6.07, 6.45) is 6.58. The van der Waals surface area contributed by atoms with E-state index in [9.17, 15) is 9.59 Å². The van der Waals surface area contributed by atoms with Gasteiger partial charge in [0, 0.05) is 50.6 Å². The van der Waals surface area contributed by atoms with Crippen LogP contribution in [0.4, 0.5) is 0 Å². The van der Waals surface area contributed by atoms with Crippen molar-refractivity contribution in [2.45, 2.75) is 97.6 Å². The Kier molecular flexibility index (Phi) is 12.7. The molecule has 0 N–H and O–H groups in total. The largest absolute Gasteiger partial charge is 0.381 e. The molecule has 0 bridgehead atoms. The number of carbonyl (C=O) groups excluding carboxylic acids is 2. The van der Waals surface area contributed by atoms with E-state index >= 15 is 0 Å². The fourth-order valence-corrected chi connectivity index (χ4v) is 6.09. The third-order valence-corrected chi connectivity index (χ3v) is 8.16. The smallest absolute Gasteiger partial charge is 0.248 e. The van der Waals surface area contributed by atoms with Crippen LogP contribution in [0.2, 0.25) is 0 Å². The molecule has 2 fully saturated rings. The van der Waals surface area contributed by atoms with Crippen molar-refractivity contribution in [2.75, 3.05) is 52.6 Å². The fourth-order valence-electron chi connectivity index (χ4n) is 5.00. The molecule has 2 aliphatic heterocycles. The van der Waals surface area contributed by atoms with Gasteiger partial charge in [0.25, 0.3) is 0 Å². The maximum Gasteiger partial charge on any atom is 0.248 e. The third kappa shape index (κ3) is 8.83. The van der Waals surface area contributed by atoms with Crippen LogP contribution in [-0.2, 0) is 19.1 Å². The molecule has 0 saturated carbocycles. The van der Waals surface area contributed by atoms with Crippen molar-refractivity contribution in [3.05, 3.63) is 0 Å². The Morgan fingerprint density at radius 2 is 1.00 bits per heavy atom. The summed E-state index contributed by atoms with van der Waals surface area (Å²) in [5.74, 6) is 0.205. The normalized spacial score (nSPS) is 17.2. The number of hydrogen-bond acceptors (Lipinski definition) is 6. The van der Waals surface area contributed by atoms with E-state index in [1.54, 1.807) is 9.80 Å². The Balaban J connectivity index is 1.47. The standard InChI is InChI=1S/C27H48N4O4S2/c1-7-28-20-22(32)30(24(28)36)26(3,4)14-9-11-16-34-18-13-19-35-17-12-10-15-27(5,6)31-23(33)21-29(8-2)25(31)37/h7-21H2,1-6H3. The minimum atomic E-state index is -0.271. The lowest BCUT2D eigenvalue weighted by Gasteiger charge is -2.35. The van der Waals surface area contributed by atoms with Crippen molar-refractivity contribution in [1.82, 2.24) is 19.6 Å². The molecule has 0 spiro atoms. The first-order valence-electron chi connectivity index (χ1n) is 13.9. The highest BCUT2D eigenvalue weighted by Crippen LogP contribution is 2.28. The molecule has 0 aliphatic carbocycles. The van der Waals surface area contributed by atoms with E-state index in [4.69, 9.17) is 33.9 Å². The van der Waals surface area contributed by atoms with Crippen molar-refractivity contribution < 1.29 is 19.1 Å². The number of likely N-dealkylation sites (N-methyl/N-ethyl adjacent to an activating group) is 2. The molecular weight excluding hydrogens is 508 g/mol. The molecule has 2 heterocycles. The van der Waals surface area contributed by atoms with Crippen LogP contribution < -0.4 is 0 Å². The Labute approximate surface area is 235 Å². The zero-order chi connectivity index (χ0) is 27.6. The van der Waals surface area contributed by atoms with Crippen molar-refractivity contribution in [2.24, 2.45) is 0 Å². The second-order valence-electron chi connectivity index (χ2n) is 11.2. The van der Waals surface area contributed by atoms with Crippen LogP contribution in [0.3, 0.4) is 0 Å². The summed E-state index contributed by atoms with van der Waals surface area (Å²) < 4.78 is 11.5. The van der Waals surface area contributed by atoms with Crippen molar-refractivity contribution in [3.8, 4) is 0 Å². The molecule has 0 aromatic rings. The molecule has 2 rings (SSSR count). The summed E-state index contributed by atoms with van der Waals surface area (Å²) >= 11 is 11.0. The van der Waals surface area contributed by atoms with Gasteiger partial charge in [0.05, 0.1) is 13.1 Å². The summed E-state index contributed by atoms with van der Waals surface area (Å²) in [7, 11) is 0. The van der Waals surface area contributed by atoms with Crippen molar-refractivity contribution >= 4 is 46.5 Å². The number of thiocarbonyl (C=S) groups is 2. The lowest BCUT2D eigenvalue weighted by Crippen LogP contribution is -2.48. The molecule has 0 aromatic carbocycles. The van der Waals surface area contributed by atoms with Crippen LogP contribution in [0.1, 0.15) is 86.5 Å². The SMILES string of the molecule is CCN1CC(=O)N(C(C)(C)CCCCOCCCOCCCCC(C)(C)N2C(=O)CN(CC)C2=S)C1=S. The first-order valence-corrected chi connectivity index (χ1v) is 14.7. The van der Waals surface area contributed by atoms with E-state index in [0.29, 0.717) is 36.5 Å². The first kappa shape index (κ1) is 31.9. The number of unbranched alkanes of at least 4 members (excludes halogenated alkanes) is 2. The first-order chi connectivity index (χ1) is 17.5. The fraction of sp³-hybridized carbons (Fsp3) is 0.852. The van der Waals surface area contributed by atoms with Gasteiger partial charge in [-0.25, -0.2) is 0 Å². The molecule has 212 valence electrons. The average Bonchev–Trinajstić information content (AvgIpc) is 3.30. The van der Waals surface area contributed by atoms with Gasteiger partial charge < -0.3 is 19.3 Å². The van der Waals surface area contributed by atoms with Crippen LogP contribution in [0.25, 0.3) is 0 Å². The molecule has 10 heteroatoms. The quantitative estimate of drug-likeness (QED) is 0.184. The van der Waals surface area contributed by atoms with Gasteiger partial charge in [-0.15, -0.1) is 0 Å². The summed E-state index contributed by atoms with van der Waals surface area (Å²) in [5.41, 5.74) is -0.542. The van der Waals surface area contributed by atoms with Gasteiger partial charge in [-0.1, -0.05) is 0 Å². The lowest BCUT2D eigenvalue weighted by molar-refractivity contribution is -0.129. The predicted molar refractivity (Wildman–Crippen MR) is 155 cm³/mol. The second kappa shape index (κ2) is 14.7. The molecule has 0 unspecified atom stereocenters. The van der Waals surface area contributed by atoms with Crippen LogP contribution in [0, 0.1) is 0 Å². The number of rotatable bonds is 18. The van der Waals surface area contributed by atoms with E-state index < -0.39 is 0 Å². The van der Waals surface area contributed by atoms with Gasteiger partial charge in [0.15, 0.2) is 10.2 Å². The number of carbonyl (C=O) groups is 2. The zero-order valence-corrected chi connectivity index (χ0v) is 25.5. The van der Waals surface area contributed by atoms with Gasteiger partial charge in [0.1, 0.15) is 0 Å². The van der Waals surface area contributed by atoms with Gasteiger partial charge in [0.2, 0.25) is 11.8 Å². The van der Waals surface area contributed by atoms with Crippen LogP contribution in [-0.4, -0.2) is 105 Å². The summed E-state index contributed by atoms with van der Waals surface area (Å²) in [5, 5.41) is 1.32. The van der Waals surface area contributed by atoms with E-state index in [2.05, 4.69) is 27.7 Å². The highest BCUT2D eigenvalue weighted by molar-refractivity contribution is 7.80. The van der Waals surface area contributed by atoms with Crippen LogP contribution in [0.5, 0.6) is 0 Å². The zero-order valence-electron chi connectivity index (χ0n) is 23.8. The van der Waals surface area contributed by atoms with E-state index in [1.807, 2.05) is 23.6 Å². The molecule has 0 atom stereocenters. The molecule has 8 nitrogen and oxygen atoms in total. The second-order valence-corrected chi connectivity index (χ2v) is 11.9. The van der Waals surface area contributed by atoms with Gasteiger partial charge in [-0.05, 0) is 111 Å². The summed E-state index contributed by atoms with van der Waals surface area (Å²) in [4.78, 5) is 32.3. The third-order valence-electron chi connectivity index (χ3n) is 7.28. The maximum absolute atomic E-state index is 12.4. The topological polar surface area (TPSA) is 65.6 Å². The van der Waals surface area contributed by atoms with Crippen molar-refractivity contribution in [1.29, 1.82) is 0 Å². The lowest BCUT2D eigenvalue weighted by atomic mass is 9.95. The minimum Gasteiger partial charge on any atom is -0.381 e. The van der Waals surface area contributed by atoms with E-state index in [0.717, 1.165) is 71.2 Å². The van der Waals surface area contributed by atoms with Gasteiger partial charge in [-0.3, -0.25) is 19.4 Å². The molecule has 2 amide bonds. The molecule has 37 heavy (non-hydrogen) atoms. The average molecular weight is 557 g/mol. The Bertz CT molecular complexity index is 741. The predicted octanol–water partition coefficient (Wildman–Crippen LogP) is 4.21. The highest BCUT2D eigenvalue weighted by Gasteiger charge is 2.42. The van der Waals surface area contributed by atoms with E-state index in [-0.39, 0.29) is 22.9 Å². The minimum absolute atomic E-state index is 0.103. The maximum atomic E-state index is 12.4. The number of ether oxygens (including phenoxy) is 2. The molecule has 0 aromatic heterocycles. The van der Waals surface area contributed by atoms with Crippen LogP contribution >= 0.6 is 24.4 Å². The Hall–Kier alpha value is -1.36. The summed E-state index contributed by atoms with van der Waals surface area (Å²) in [6.45, 7) is 17.6. The Morgan fingerprint density at radius 3 is 1.32 bits per heavy atom. The Morgan fingerprint density at radius 1 is 0.649 bits per heavy atom. The van der Waals surface area contributed by atoms with Gasteiger partial charge in [-0.2, -0.15) is 0 Å². The van der Waals surface area contributed by atoms with E-state index in [1.165, 1.54) is 0 Å². The molecule has 0 radical (unpaired) electrons. The summed E-state index contributed by atoms with van der Waals surface area (Å²) in [6, 6.07) is 0. The highest BCUT2D eigenvalue weighted by atomic mass is 32.1. The molecule has 2 saturated heterocycles. The monoisotopic (exact) mass is 556 g/mol. The number of nitrogens with zero attached hydrogens (tertiary/aromatic N) is 4.